The number of hydrogen-bond donors (Lipinski definition) is 2. The van der Waals surface area contributed by atoms with Gasteiger partial charge in [0.15, 0.2) is 0 Å². The number of anilines is 2. The van der Waals surface area contributed by atoms with Gasteiger partial charge in [-0.15, -0.1) is 0 Å². The summed E-state index contributed by atoms with van der Waals surface area (Å²) in [4.78, 5) is 10.4. The molecule has 5 heteroatoms. The number of non-ortho nitro benzene ring substituents is 1. The molecule has 1 fully saturated rings. The van der Waals surface area contributed by atoms with Gasteiger partial charge in [-0.05, 0) is 24.8 Å². The molecule has 0 atom stereocenters. The van der Waals surface area contributed by atoms with Gasteiger partial charge < -0.3 is 10.6 Å². The predicted molar refractivity (Wildman–Crippen MR) is 68.5 cm³/mol. The number of nitro groups is 1. The molecule has 0 saturated heterocycles. The molecule has 1 aromatic rings. The molecule has 0 bridgehead atoms. The van der Waals surface area contributed by atoms with Gasteiger partial charge in [0.1, 0.15) is 0 Å². The Morgan fingerprint density at radius 2 is 2.06 bits per heavy atom. The van der Waals surface area contributed by atoms with E-state index in [1.165, 1.54) is 25.3 Å². The summed E-state index contributed by atoms with van der Waals surface area (Å²) in [5, 5.41) is 17.0. The Morgan fingerprint density at radius 3 is 2.59 bits per heavy atom. The molecule has 1 aliphatic rings. The third-order valence-corrected chi connectivity index (χ3v) is 3.24. The fourth-order valence-corrected chi connectivity index (χ4v) is 1.92. The van der Waals surface area contributed by atoms with Gasteiger partial charge in [-0.2, -0.15) is 0 Å². The maximum Gasteiger partial charge on any atom is 0.273 e. The summed E-state index contributed by atoms with van der Waals surface area (Å²) in [6, 6.07) is 5.01. The quantitative estimate of drug-likeness (QED) is 0.608. The fourth-order valence-electron chi connectivity index (χ4n) is 1.92. The van der Waals surface area contributed by atoms with Crippen LogP contribution >= 0.6 is 0 Å². The largest absolute Gasteiger partial charge is 0.388 e. The van der Waals surface area contributed by atoms with Gasteiger partial charge in [-0.25, -0.2) is 0 Å². The Morgan fingerprint density at radius 1 is 1.35 bits per heavy atom. The minimum absolute atomic E-state index is 0.118. The molecular formula is C12H17N3O2. The summed E-state index contributed by atoms with van der Waals surface area (Å²) in [6.07, 6.45) is 3.84. The number of benzene rings is 1. The summed E-state index contributed by atoms with van der Waals surface area (Å²) in [7, 11) is 1.76. The van der Waals surface area contributed by atoms with E-state index in [1.54, 1.807) is 13.1 Å². The number of nitrogens with one attached hydrogen (secondary N) is 2. The lowest BCUT2D eigenvalue weighted by Crippen LogP contribution is -2.20. The van der Waals surface area contributed by atoms with Gasteiger partial charge in [0, 0.05) is 37.1 Å². The second kappa shape index (κ2) is 5.03. The molecule has 5 nitrogen and oxygen atoms in total. The van der Waals surface area contributed by atoms with Crippen molar-refractivity contribution in [3.63, 3.8) is 0 Å². The van der Waals surface area contributed by atoms with Crippen molar-refractivity contribution in [3.8, 4) is 0 Å². The van der Waals surface area contributed by atoms with Crippen LogP contribution in [0.15, 0.2) is 18.2 Å². The van der Waals surface area contributed by atoms with Crippen LogP contribution in [0, 0.1) is 16.0 Å². The Bertz CT molecular complexity index is 416. The minimum atomic E-state index is -0.366. The van der Waals surface area contributed by atoms with E-state index in [4.69, 9.17) is 0 Å². The van der Waals surface area contributed by atoms with Crippen molar-refractivity contribution < 1.29 is 4.92 Å². The lowest BCUT2D eigenvalue weighted by atomic mass is 9.85. The van der Waals surface area contributed by atoms with Crippen LogP contribution in [0.3, 0.4) is 0 Å². The van der Waals surface area contributed by atoms with Crippen molar-refractivity contribution in [2.24, 2.45) is 5.92 Å². The lowest BCUT2D eigenvalue weighted by molar-refractivity contribution is -0.384. The van der Waals surface area contributed by atoms with Crippen molar-refractivity contribution in [2.45, 2.75) is 19.3 Å². The molecule has 92 valence electrons. The maximum atomic E-state index is 10.8. The van der Waals surface area contributed by atoms with Crippen LogP contribution < -0.4 is 10.6 Å². The molecule has 0 aliphatic heterocycles. The second-order valence-electron chi connectivity index (χ2n) is 4.45. The summed E-state index contributed by atoms with van der Waals surface area (Å²) in [5.74, 6) is 0.729. The fraction of sp³-hybridized carbons (Fsp3) is 0.500. The van der Waals surface area contributed by atoms with Crippen molar-refractivity contribution in [2.75, 3.05) is 24.2 Å². The number of hydrogen-bond acceptors (Lipinski definition) is 4. The average Bonchev–Trinajstić information content (AvgIpc) is 2.26. The molecule has 17 heavy (non-hydrogen) atoms. The Balaban J connectivity index is 2.08. The third-order valence-electron chi connectivity index (χ3n) is 3.24. The number of rotatable bonds is 5. The van der Waals surface area contributed by atoms with E-state index >= 15 is 0 Å². The predicted octanol–water partition coefficient (Wildman–Crippen LogP) is 2.85. The van der Waals surface area contributed by atoms with E-state index in [0.29, 0.717) is 0 Å². The first-order chi connectivity index (χ1) is 8.19. The van der Waals surface area contributed by atoms with E-state index in [0.717, 1.165) is 23.8 Å². The summed E-state index contributed by atoms with van der Waals surface area (Å²) >= 11 is 0. The third kappa shape index (κ3) is 2.87. The van der Waals surface area contributed by atoms with Gasteiger partial charge >= 0.3 is 0 Å². The molecule has 0 amide bonds. The van der Waals surface area contributed by atoms with Crippen molar-refractivity contribution in [3.05, 3.63) is 28.3 Å². The Kier molecular flexibility index (Phi) is 3.46. The van der Waals surface area contributed by atoms with Crippen LogP contribution in [-0.4, -0.2) is 18.5 Å². The summed E-state index contributed by atoms with van der Waals surface area (Å²) < 4.78 is 0. The smallest absolute Gasteiger partial charge is 0.273 e. The van der Waals surface area contributed by atoms with Gasteiger partial charge in [-0.1, -0.05) is 6.42 Å². The highest BCUT2D eigenvalue weighted by atomic mass is 16.6. The molecular weight excluding hydrogens is 218 g/mol. The molecule has 1 aliphatic carbocycles. The molecule has 0 unspecified atom stereocenters. The molecule has 0 aromatic heterocycles. The lowest BCUT2D eigenvalue weighted by Gasteiger charge is -2.25. The molecule has 0 radical (unpaired) electrons. The Hall–Kier alpha value is -1.78. The van der Waals surface area contributed by atoms with Crippen LogP contribution in [-0.2, 0) is 0 Å². The van der Waals surface area contributed by atoms with Crippen LogP contribution in [0.1, 0.15) is 19.3 Å². The van der Waals surface area contributed by atoms with Gasteiger partial charge in [0.05, 0.1) is 4.92 Å². The van der Waals surface area contributed by atoms with Gasteiger partial charge in [0.2, 0.25) is 0 Å². The van der Waals surface area contributed by atoms with E-state index in [9.17, 15) is 10.1 Å². The van der Waals surface area contributed by atoms with Crippen molar-refractivity contribution >= 4 is 17.1 Å². The highest BCUT2D eigenvalue weighted by Crippen LogP contribution is 2.28. The molecule has 0 spiro atoms. The van der Waals surface area contributed by atoms with E-state index in [1.807, 2.05) is 6.07 Å². The van der Waals surface area contributed by atoms with Crippen LogP contribution in [0.4, 0.5) is 17.1 Å². The highest BCUT2D eigenvalue weighted by Gasteiger charge is 2.17. The molecule has 2 N–H and O–H groups in total. The summed E-state index contributed by atoms with van der Waals surface area (Å²) in [6.45, 7) is 0.907. The minimum Gasteiger partial charge on any atom is -0.388 e. The average molecular weight is 235 g/mol. The molecule has 0 heterocycles. The van der Waals surface area contributed by atoms with E-state index < -0.39 is 0 Å². The first kappa shape index (κ1) is 11.7. The first-order valence-electron chi connectivity index (χ1n) is 5.90. The first-order valence-corrected chi connectivity index (χ1v) is 5.90. The topological polar surface area (TPSA) is 67.2 Å². The number of nitro benzene ring substituents is 1. The van der Waals surface area contributed by atoms with E-state index in [2.05, 4.69) is 10.6 Å². The maximum absolute atomic E-state index is 10.8. The van der Waals surface area contributed by atoms with Crippen molar-refractivity contribution in [1.29, 1.82) is 0 Å². The molecule has 1 aromatic carbocycles. The molecule has 1 saturated carbocycles. The summed E-state index contributed by atoms with van der Waals surface area (Å²) in [5.41, 5.74) is 1.69. The van der Waals surface area contributed by atoms with Crippen LogP contribution in [0.2, 0.25) is 0 Å². The standard InChI is InChI=1S/C12H17N3O2/c1-13-10-5-11(7-12(6-10)15(16)17)14-8-9-3-2-4-9/h5-7,9,13-14H,2-4,8H2,1H3. The second-order valence-corrected chi connectivity index (χ2v) is 4.45. The van der Waals surface area contributed by atoms with Crippen LogP contribution in [0.5, 0.6) is 0 Å². The monoisotopic (exact) mass is 235 g/mol. The molecule has 2 rings (SSSR count). The normalized spacial score (nSPS) is 15.1. The SMILES string of the molecule is CNc1cc(NCC2CCC2)cc([N+](=O)[O-])c1. The zero-order chi connectivity index (χ0) is 12.3. The van der Waals surface area contributed by atoms with Crippen molar-refractivity contribution in [1.82, 2.24) is 0 Å². The number of nitrogens with zero attached hydrogens (tertiary/aromatic N) is 1. The van der Waals surface area contributed by atoms with Gasteiger partial charge in [0.25, 0.3) is 5.69 Å². The van der Waals surface area contributed by atoms with Crippen LogP contribution in [0.25, 0.3) is 0 Å². The zero-order valence-electron chi connectivity index (χ0n) is 9.90. The van der Waals surface area contributed by atoms with Gasteiger partial charge in [-0.3, -0.25) is 10.1 Å². The Labute approximate surface area is 100 Å². The highest BCUT2D eigenvalue weighted by molar-refractivity contribution is 5.63. The van der Waals surface area contributed by atoms with E-state index in [-0.39, 0.29) is 10.6 Å². The zero-order valence-corrected chi connectivity index (χ0v) is 9.90.